The molecule has 2 heteroatoms. The summed E-state index contributed by atoms with van der Waals surface area (Å²) in [7, 11) is 2.06. The molecule has 2 heterocycles. The van der Waals surface area contributed by atoms with Crippen LogP contribution in [0.15, 0.2) is 0 Å². The Morgan fingerprint density at radius 1 is 1.62 bits per heavy atom. The first-order valence-corrected chi connectivity index (χ1v) is 3.27. The Kier molecular flexibility index (Phi) is 0.746. The van der Waals surface area contributed by atoms with Crippen molar-refractivity contribution in [3.63, 3.8) is 0 Å². The molecular weight excluding hydrogens is 100 g/mol. The number of likely N-dealkylation sites (N-methyl/N-ethyl adjacent to an activating group) is 1. The highest BCUT2D eigenvalue weighted by Crippen LogP contribution is 2.37. The van der Waals surface area contributed by atoms with E-state index in [4.69, 9.17) is 0 Å². The average Bonchev–Trinajstić information content (AvgIpc) is 2.17. The standard InChI is InChI=1S/C6H12N2/c1-7-6-2-5(3-6)8-4-6/h5,7-8H,2-4H2,1H3. The van der Waals surface area contributed by atoms with Gasteiger partial charge in [0.05, 0.1) is 0 Å². The summed E-state index contributed by atoms with van der Waals surface area (Å²) in [5.41, 5.74) is 0.519. The van der Waals surface area contributed by atoms with E-state index in [2.05, 4.69) is 17.7 Å². The molecule has 46 valence electrons. The van der Waals surface area contributed by atoms with Gasteiger partial charge < -0.3 is 10.6 Å². The van der Waals surface area contributed by atoms with E-state index in [1.165, 1.54) is 19.4 Å². The second-order valence-corrected chi connectivity index (χ2v) is 3.02. The molecule has 0 aromatic rings. The van der Waals surface area contributed by atoms with Crippen LogP contribution in [0.5, 0.6) is 0 Å². The molecule has 3 aliphatic rings. The third kappa shape index (κ3) is 0.400. The highest BCUT2D eigenvalue weighted by Gasteiger charge is 2.48. The minimum Gasteiger partial charge on any atom is -0.313 e. The summed E-state index contributed by atoms with van der Waals surface area (Å²) in [5, 5.41) is 6.77. The van der Waals surface area contributed by atoms with E-state index >= 15 is 0 Å². The van der Waals surface area contributed by atoms with Gasteiger partial charge in [0.1, 0.15) is 0 Å². The van der Waals surface area contributed by atoms with Crippen molar-refractivity contribution in [2.24, 2.45) is 0 Å². The van der Waals surface area contributed by atoms with Gasteiger partial charge in [-0.25, -0.2) is 0 Å². The van der Waals surface area contributed by atoms with Gasteiger partial charge in [-0.3, -0.25) is 0 Å². The Bertz CT molecular complexity index is 99.6. The second kappa shape index (κ2) is 1.25. The Morgan fingerprint density at radius 2 is 2.38 bits per heavy atom. The molecule has 8 heavy (non-hydrogen) atoms. The Labute approximate surface area is 49.7 Å². The Hall–Kier alpha value is -0.0800. The Balaban J connectivity index is 2.09. The second-order valence-electron chi connectivity index (χ2n) is 3.02. The van der Waals surface area contributed by atoms with Crippen LogP contribution in [0.1, 0.15) is 12.8 Å². The van der Waals surface area contributed by atoms with Crippen LogP contribution in [-0.4, -0.2) is 25.2 Å². The quantitative estimate of drug-likeness (QED) is 0.487. The van der Waals surface area contributed by atoms with Gasteiger partial charge in [-0.1, -0.05) is 0 Å². The summed E-state index contributed by atoms with van der Waals surface area (Å²) in [6.07, 6.45) is 2.70. The molecule has 0 radical (unpaired) electrons. The summed E-state index contributed by atoms with van der Waals surface area (Å²) in [4.78, 5) is 0. The lowest BCUT2D eigenvalue weighted by molar-refractivity contribution is 0.256. The fourth-order valence-corrected chi connectivity index (χ4v) is 1.80. The van der Waals surface area contributed by atoms with Gasteiger partial charge in [0.15, 0.2) is 0 Å². The maximum atomic E-state index is 3.42. The molecule has 3 rings (SSSR count). The molecule has 2 saturated heterocycles. The van der Waals surface area contributed by atoms with E-state index in [-0.39, 0.29) is 0 Å². The fraction of sp³-hybridized carbons (Fsp3) is 1.00. The lowest BCUT2D eigenvalue weighted by atomic mass is 9.78. The maximum absolute atomic E-state index is 3.42. The molecule has 1 aliphatic carbocycles. The van der Waals surface area contributed by atoms with Crippen LogP contribution in [0.4, 0.5) is 0 Å². The van der Waals surface area contributed by atoms with Gasteiger partial charge in [-0.2, -0.15) is 0 Å². The third-order valence-corrected chi connectivity index (χ3v) is 2.53. The summed E-state index contributed by atoms with van der Waals surface area (Å²) in [5.74, 6) is 0. The van der Waals surface area contributed by atoms with Crippen molar-refractivity contribution in [3.05, 3.63) is 0 Å². The van der Waals surface area contributed by atoms with Crippen molar-refractivity contribution < 1.29 is 0 Å². The predicted molar refractivity (Wildman–Crippen MR) is 32.8 cm³/mol. The van der Waals surface area contributed by atoms with Crippen molar-refractivity contribution >= 4 is 0 Å². The SMILES string of the molecule is CNC12CNC(C1)C2. The molecule has 0 spiro atoms. The molecule has 2 bridgehead atoms. The zero-order valence-electron chi connectivity index (χ0n) is 5.20. The van der Waals surface area contributed by atoms with Crippen molar-refractivity contribution in [1.82, 2.24) is 10.6 Å². The number of rotatable bonds is 1. The van der Waals surface area contributed by atoms with Crippen molar-refractivity contribution in [2.75, 3.05) is 13.6 Å². The fourth-order valence-electron chi connectivity index (χ4n) is 1.80. The van der Waals surface area contributed by atoms with Crippen LogP contribution in [0.25, 0.3) is 0 Å². The predicted octanol–water partition coefficient (Wildman–Crippen LogP) is -0.290. The molecule has 1 saturated carbocycles. The number of fused-ring (bicyclic) bond motifs is 1. The van der Waals surface area contributed by atoms with Crippen molar-refractivity contribution in [2.45, 2.75) is 24.4 Å². The zero-order valence-corrected chi connectivity index (χ0v) is 5.20. The summed E-state index contributed by atoms with van der Waals surface area (Å²) in [6.45, 7) is 1.19. The first-order chi connectivity index (χ1) is 3.85. The summed E-state index contributed by atoms with van der Waals surface area (Å²) in [6, 6.07) is 0.849. The van der Waals surface area contributed by atoms with Gasteiger partial charge in [0.2, 0.25) is 0 Å². The van der Waals surface area contributed by atoms with E-state index in [1.807, 2.05) is 0 Å². The smallest absolute Gasteiger partial charge is 0.0333 e. The summed E-state index contributed by atoms with van der Waals surface area (Å²) < 4.78 is 0. The number of nitrogens with one attached hydrogen (secondary N) is 2. The van der Waals surface area contributed by atoms with Gasteiger partial charge in [-0.15, -0.1) is 0 Å². The molecule has 2 nitrogen and oxygen atoms in total. The van der Waals surface area contributed by atoms with Crippen molar-refractivity contribution in [3.8, 4) is 0 Å². The molecule has 0 amide bonds. The topological polar surface area (TPSA) is 24.1 Å². The molecule has 0 unspecified atom stereocenters. The average molecular weight is 112 g/mol. The van der Waals surface area contributed by atoms with Crippen molar-refractivity contribution in [1.29, 1.82) is 0 Å². The first-order valence-electron chi connectivity index (χ1n) is 3.27. The molecule has 2 N–H and O–H groups in total. The van der Waals surface area contributed by atoms with E-state index in [1.54, 1.807) is 0 Å². The normalized spacial score (nSPS) is 51.4. The Morgan fingerprint density at radius 3 is 2.62 bits per heavy atom. The van der Waals surface area contributed by atoms with Crippen LogP contribution in [0.2, 0.25) is 0 Å². The number of hydrogen-bond donors (Lipinski definition) is 2. The highest BCUT2D eigenvalue weighted by atomic mass is 15.1. The number of hydrogen-bond acceptors (Lipinski definition) is 2. The lowest BCUT2D eigenvalue weighted by Crippen LogP contribution is -2.50. The minimum absolute atomic E-state index is 0.519. The van der Waals surface area contributed by atoms with Gasteiger partial charge in [0, 0.05) is 18.1 Å². The monoisotopic (exact) mass is 112 g/mol. The third-order valence-electron chi connectivity index (χ3n) is 2.53. The molecule has 0 aromatic carbocycles. The van der Waals surface area contributed by atoms with Crippen LogP contribution in [-0.2, 0) is 0 Å². The molecule has 3 fully saturated rings. The maximum Gasteiger partial charge on any atom is 0.0333 e. The summed E-state index contributed by atoms with van der Waals surface area (Å²) >= 11 is 0. The van der Waals surface area contributed by atoms with Crippen LogP contribution >= 0.6 is 0 Å². The van der Waals surface area contributed by atoms with Gasteiger partial charge in [-0.05, 0) is 19.9 Å². The molecule has 0 atom stereocenters. The van der Waals surface area contributed by atoms with Gasteiger partial charge >= 0.3 is 0 Å². The molecular formula is C6H12N2. The van der Waals surface area contributed by atoms with E-state index in [0.29, 0.717) is 5.54 Å². The minimum atomic E-state index is 0.519. The first kappa shape index (κ1) is 4.77. The highest BCUT2D eigenvalue weighted by molar-refractivity contribution is 5.11. The van der Waals surface area contributed by atoms with E-state index in [9.17, 15) is 0 Å². The zero-order chi connectivity index (χ0) is 5.61. The van der Waals surface area contributed by atoms with Crippen LogP contribution < -0.4 is 10.6 Å². The largest absolute Gasteiger partial charge is 0.313 e. The molecule has 2 aliphatic heterocycles. The lowest BCUT2D eigenvalue weighted by Gasteiger charge is -2.36. The van der Waals surface area contributed by atoms with Crippen LogP contribution in [0, 0.1) is 0 Å². The van der Waals surface area contributed by atoms with E-state index < -0.39 is 0 Å². The van der Waals surface area contributed by atoms with Crippen LogP contribution in [0.3, 0.4) is 0 Å². The van der Waals surface area contributed by atoms with Gasteiger partial charge in [0.25, 0.3) is 0 Å². The van der Waals surface area contributed by atoms with E-state index in [0.717, 1.165) is 6.04 Å². The molecule has 0 aromatic heterocycles.